The number of oxazole rings is 1. The average Bonchev–Trinajstić information content (AvgIpc) is 3.00. The Hall–Kier alpha value is -1.91. The molecule has 5 heteroatoms. The van der Waals surface area contributed by atoms with Gasteiger partial charge in [0.05, 0.1) is 16.9 Å². The van der Waals surface area contributed by atoms with E-state index < -0.39 is 5.76 Å². The predicted molar refractivity (Wildman–Crippen MR) is 81.1 cm³/mol. The van der Waals surface area contributed by atoms with E-state index in [1.807, 2.05) is 6.07 Å². The second-order valence-corrected chi connectivity index (χ2v) is 5.80. The number of nitrogens with zero attached hydrogens (tertiary/aromatic N) is 1. The molecule has 20 heavy (non-hydrogen) atoms. The highest BCUT2D eigenvalue weighted by Gasteiger charge is 2.35. The summed E-state index contributed by atoms with van der Waals surface area (Å²) in [5, 5.41) is 0. The van der Waals surface area contributed by atoms with Crippen LogP contribution < -0.4 is 16.4 Å². The van der Waals surface area contributed by atoms with Crippen LogP contribution in [0.15, 0.2) is 21.3 Å². The van der Waals surface area contributed by atoms with Gasteiger partial charge in [0.2, 0.25) is 0 Å². The molecule has 1 aliphatic rings. The molecular weight excluding hydrogens is 254 g/mol. The van der Waals surface area contributed by atoms with Crippen LogP contribution >= 0.6 is 0 Å². The first kappa shape index (κ1) is 13.1. The molecule has 2 heterocycles. The Bertz CT molecular complexity index is 682. The highest BCUT2D eigenvalue weighted by Crippen LogP contribution is 2.41. The first-order valence-corrected chi connectivity index (χ1v) is 7.24. The van der Waals surface area contributed by atoms with E-state index in [9.17, 15) is 4.79 Å². The predicted octanol–water partition coefficient (Wildman–Crippen LogP) is 2.72. The summed E-state index contributed by atoms with van der Waals surface area (Å²) < 4.78 is 5.04. The van der Waals surface area contributed by atoms with Gasteiger partial charge in [-0.2, -0.15) is 0 Å². The van der Waals surface area contributed by atoms with Gasteiger partial charge in [-0.05, 0) is 30.7 Å². The molecule has 0 amide bonds. The van der Waals surface area contributed by atoms with Crippen molar-refractivity contribution in [1.82, 2.24) is 4.98 Å². The number of nitrogen functional groups attached to an aromatic ring is 1. The number of hydrogen-bond acceptors (Lipinski definition) is 4. The molecule has 3 N–H and O–H groups in total. The second-order valence-electron chi connectivity index (χ2n) is 5.80. The third-order valence-electron chi connectivity index (χ3n) is 4.85. The van der Waals surface area contributed by atoms with Crippen LogP contribution in [0.1, 0.15) is 33.1 Å². The van der Waals surface area contributed by atoms with Crippen molar-refractivity contribution < 1.29 is 4.42 Å². The van der Waals surface area contributed by atoms with Gasteiger partial charge in [-0.25, -0.2) is 4.79 Å². The quantitative estimate of drug-likeness (QED) is 0.844. The van der Waals surface area contributed by atoms with Crippen molar-refractivity contribution in [2.45, 2.75) is 33.1 Å². The summed E-state index contributed by atoms with van der Waals surface area (Å²) in [6, 6.07) is 3.66. The SMILES string of the molecule is CCC1(CC)CCN(c2cc3[nH]c(=O)oc3cc2N)C1. The van der Waals surface area contributed by atoms with E-state index in [0.717, 1.165) is 18.8 Å². The lowest BCUT2D eigenvalue weighted by atomic mass is 9.82. The number of H-pyrrole nitrogens is 1. The van der Waals surface area contributed by atoms with Crippen molar-refractivity contribution in [3.63, 3.8) is 0 Å². The van der Waals surface area contributed by atoms with Crippen LogP contribution in [0.2, 0.25) is 0 Å². The van der Waals surface area contributed by atoms with E-state index in [-0.39, 0.29) is 0 Å². The number of aromatic amines is 1. The summed E-state index contributed by atoms with van der Waals surface area (Å²) in [6.45, 7) is 6.55. The van der Waals surface area contributed by atoms with Crippen LogP contribution in [0.4, 0.5) is 11.4 Å². The van der Waals surface area contributed by atoms with Crippen molar-refractivity contribution in [2.24, 2.45) is 5.41 Å². The van der Waals surface area contributed by atoms with Crippen LogP contribution in [-0.4, -0.2) is 18.1 Å². The van der Waals surface area contributed by atoms with E-state index in [1.165, 1.54) is 19.3 Å². The molecule has 1 aromatic carbocycles. The lowest BCUT2D eigenvalue weighted by molar-refractivity contribution is 0.301. The van der Waals surface area contributed by atoms with E-state index >= 15 is 0 Å². The molecule has 0 spiro atoms. The molecule has 5 nitrogen and oxygen atoms in total. The number of fused-ring (bicyclic) bond motifs is 1. The highest BCUT2D eigenvalue weighted by atomic mass is 16.4. The summed E-state index contributed by atoms with van der Waals surface area (Å²) in [5.74, 6) is -0.436. The lowest BCUT2D eigenvalue weighted by Crippen LogP contribution is -2.26. The Kier molecular flexibility index (Phi) is 3.00. The molecule has 0 unspecified atom stereocenters. The standard InChI is InChI=1S/C15H21N3O2/c1-3-15(4-2)5-6-18(9-15)12-8-11-13(7-10(12)16)20-14(19)17-11/h7-8H,3-6,9,16H2,1-2H3,(H,17,19). The summed E-state index contributed by atoms with van der Waals surface area (Å²) in [5.41, 5.74) is 9.43. The number of nitrogens with two attached hydrogens (primary N) is 1. The minimum absolute atomic E-state index is 0.394. The van der Waals surface area contributed by atoms with Crippen LogP contribution in [0.3, 0.4) is 0 Å². The van der Waals surface area contributed by atoms with Gasteiger partial charge in [0.15, 0.2) is 5.58 Å². The molecule has 1 aromatic heterocycles. The van der Waals surface area contributed by atoms with E-state index in [4.69, 9.17) is 10.2 Å². The van der Waals surface area contributed by atoms with Gasteiger partial charge in [0.25, 0.3) is 0 Å². The highest BCUT2D eigenvalue weighted by molar-refractivity contribution is 5.85. The summed E-state index contributed by atoms with van der Waals surface area (Å²) >= 11 is 0. The van der Waals surface area contributed by atoms with Gasteiger partial charge >= 0.3 is 5.76 Å². The van der Waals surface area contributed by atoms with Crippen molar-refractivity contribution >= 4 is 22.5 Å². The maximum atomic E-state index is 11.3. The summed E-state index contributed by atoms with van der Waals surface area (Å²) in [7, 11) is 0. The number of rotatable bonds is 3. The second kappa shape index (κ2) is 4.58. The largest absolute Gasteiger partial charge is 0.417 e. The van der Waals surface area contributed by atoms with Crippen molar-refractivity contribution in [3.05, 3.63) is 22.7 Å². The first-order chi connectivity index (χ1) is 9.57. The van der Waals surface area contributed by atoms with Crippen LogP contribution in [0, 0.1) is 5.41 Å². The monoisotopic (exact) mass is 275 g/mol. The van der Waals surface area contributed by atoms with Gasteiger partial charge < -0.3 is 15.1 Å². The fourth-order valence-corrected chi connectivity index (χ4v) is 3.24. The molecule has 2 aromatic rings. The smallest absolute Gasteiger partial charge is 0.408 e. The van der Waals surface area contributed by atoms with Gasteiger partial charge in [-0.15, -0.1) is 0 Å². The first-order valence-electron chi connectivity index (χ1n) is 7.24. The van der Waals surface area contributed by atoms with Crippen molar-refractivity contribution in [1.29, 1.82) is 0 Å². The Balaban J connectivity index is 1.98. The van der Waals surface area contributed by atoms with Gasteiger partial charge in [-0.1, -0.05) is 13.8 Å². The van der Waals surface area contributed by atoms with Crippen molar-refractivity contribution in [3.8, 4) is 0 Å². The van der Waals surface area contributed by atoms with E-state index in [1.54, 1.807) is 6.07 Å². The Labute approximate surface area is 117 Å². The number of benzene rings is 1. The molecule has 1 fully saturated rings. The summed E-state index contributed by atoms with van der Waals surface area (Å²) in [4.78, 5) is 16.3. The van der Waals surface area contributed by atoms with E-state index in [0.29, 0.717) is 22.2 Å². The Morgan fingerprint density at radius 2 is 2.15 bits per heavy atom. The topological polar surface area (TPSA) is 75.3 Å². The lowest BCUT2D eigenvalue weighted by Gasteiger charge is -2.27. The molecule has 1 aliphatic heterocycles. The molecule has 0 saturated carbocycles. The van der Waals surface area contributed by atoms with Gasteiger partial charge in [0, 0.05) is 19.2 Å². The van der Waals surface area contributed by atoms with Gasteiger partial charge in [0.1, 0.15) is 0 Å². The average molecular weight is 275 g/mol. The Morgan fingerprint density at radius 1 is 1.40 bits per heavy atom. The summed E-state index contributed by atoms with van der Waals surface area (Å²) in [6.07, 6.45) is 3.56. The van der Waals surface area contributed by atoms with Crippen LogP contribution in [0.5, 0.6) is 0 Å². The fourth-order valence-electron chi connectivity index (χ4n) is 3.24. The van der Waals surface area contributed by atoms with Crippen molar-refractivity contribution in [2.75, 3.05) is 23.7 Å². The molecule has 3 rings (SSSR count). The third-order valence-corrected chi connectivity index (χ3v) is 4.85. The minimum Gasteiger partial charge on any atom is -0.408 e. The van der Waals surface area contributed by atoms with Crippen LogP contribution in [-0.2, 0) is 0 Å². The van der Waals surface area contributed by atoms with Crippen LogP contribution in [0.25, 0.3) is 11.1 Å². The third kappa shape index (κ3) is 1.97. The molecule has 0 bridgehead atoms. The number of hydrogen-bond donors (Lipinski definition) is 2. The molecule has 108 valence electrons. The molecule has 0 aliphatic carbocycles. The molecular formula is C15H21N3O2. The Morgan fingerprint density at radius 3 is 2.80 bits per heavy atom. The minimum atomic E-state index is -0.436. The maximum Gasteiger partial charge on any atom is 0.417 e. The zero-order chi connectivity index (χ0) is 14.3. The zero-order valence-corrected chi connectivity index (χ0v) is 12.0. The van der Waals surface area contributed by atoms with Gasteiger partial charge in [-0.3, -0.25) is 4.98 Å². The molecule has 0 atom stereocenters. The maximum absolute atomic E-state index is 11.3. The zero-order valence-electron chi connectivity index (χ0n) is 12.0. The fraction of sp³-hybridized carbons (Fsp3) is 0.533. The normalized spacial score (nSPS) is 18.0. The molecule has 0 radical (unpaired) electrons. The molecule has 1 saturated heterocycles. The number of aromatic nitrogens is 1. The number of nitrogens with one attached hydrogen (secondary N) is 1. The number of anilines is 2. The van der Waals surface area contributed by atoms with E-state index in [2.05, 4.69) is 23.7 Å².